The van der Waals surface area contributed by atoms with Gasteiger partial charge in [-0.05, 0) is 69.1 Å². The van der Waals surface area contributed by atoms with Crippen molar-refractivity contribution in [2.24, 2.45) is 0 Å². The number of aliphatic hydroxyl groups excluding tert-OH is 1. The Hall–Kier alpha value is -3.34. The fourth-order valence-electron chi connectivity index (χ4n) is 8.59. The van der Waals surface area contributed by atoms with E-state index in [1.807, 2.05) is 24.3 Å². The molecule has 1 aromatic carbocycles. The van der Waals surface area contributed by atoms with E-state index in [4.69, 9.17) is 27.9 Å². The maximum absolute atomic E-state index is 13.7. The van der Waals surface area contributed by atoms with E-state index in [1.165, 1.54) is 37.7 Å². The molecule has 3 rings (SSSR count). The predicted molar refractivity (Wildman–Crippen MR) is 251 cm³/mol. The highest BCUT2D eigenvalue weighted by atomic mass is 32.3. The van der Waals surface area contributed by atoms with Crippen molar-refractivity contribution in [3.8, 4) is 5.75 Å². The van der Waals surface area contributed by atoms with Crippen LogP contribution in [0.15, 0.2) is 48.6 Å². The summed E-state index contributed by atoms with van der Waals surface area (Å²) in [5.74, 6) is -0.696. The minimum Gasteiger partial charge on any atom is -0.497 e. The van der Waals surface area contributed by atoms with E-state index >= 15 is 0 Å². The van der Waals surface area contributed by atoms with E-state index < -0.39 is 59.3 Å². The maximum Gasteiger partial charge on any atom is 0.397 e. The van der Waals surface area contributed by atoms with Crippen LogP contribution in [0, 0.1) is 0 Å². The number of rotatable bonds is 36. The van der Waals surface area contributed by atoms with Gasteiger partial charge in [-0.15, -0.1) is 0 Å². The first-order valence-electron chi connectivity index (χ1n) is 24.5. The van der Waals surface area contributed by atoms with Crippen molar-refractivity contribution in [2.45, 2.75) is 210 Å². The van der Waals surface area contributed by atoms with Crippen molar-refractivity contribution >= 4 is 28.2 Å². The summed E-state index contributed by atoms with van der Waals surface area (Å²) in [4.78, 5) is 40.0. The van der Waals surface area contributed by atoms with Gasteiger partial charge in [0.2, 0.25) is 5.91 Å². The van der Waals surface area contributed by atoms with Crippen LogP contribution in [0.4, 0.5) is 0 Å². The summed E-state index contributed by atoms with van der Waals surface area (Å²) in [6.07, 6.45) is 25.2. The number of carbonyl (C=O) groups excluding carboxylic acids is 3. The number of hydrogen-bond acceptors (Lipinski definition) is 12. The van der Waals surface area contributed by atoms with E-state index in [1.54, 1.807) is 14.2 Å². The van der Waals surface area contributed by atoms with E-state index in [2.05, 4.69) is 36.5 Å². The van der Waals surface area contributed by atoms with Crippen molar-refractivity contribution in [3.63, 3.8) is 0 Å². The highest BCUT2D eigenvalue weighted by Crippen LogP contribution is 2.29. The number of nitrogens with one attached hydrogen (secondary N) is 1. The Kier molecular flexibility index (Phi) is 27.9. The molecule has 65 heavy (non-hydrogen) atoms. The Labute approximate surface area is 389 Å². The standard InChI is InChI=1S/C50H81NO13S/c1-4-5-6-7-8-9-10-14-20-27-42(62-46(54)28-21-15-11-13-19-26-40-30-32-41(59-2)33-31-40)37-45(53)51-43-39-61-44(38-52)49(64-65(56,57)58)48(43)63-47(55)29-22-16-12-17-23-34-50(60-3)35-24-18-25-36-50/h18,24-25,30-33,35,42-44,48-49,52H,4-17,19-23,26-29,34,36-39H2,1-3H3,(H,51,53)(H,56,57,58)/t42?,43-,44?,48+,49+,50?/m0/s1. The van der Waals surface area contributed by atoms with Crippen LogP contribution in [0.25, 0.3) is 0 Å². The monoisotopic (exact) mass is 936 g/mol. The Morgan fingerprint density at radius 2 is 1.42 bits per heavy atom. The van der Waals surface area contributed by atoms with E-state index in [0.29, 0.717) is 19.3 Å². The molecule has 0 aromatic heterocycles. The second-order valence-electron chi connectivity index (χ2n) is 17.7. The summed E-state index contributed by atoms with van der Waals surface area (Å²) >= 11 is 0. The molecule has 3 N–H and O–H groups in total. The lowest BCUT2D eigenvalue weighted by atomic mass is 9.89. The van der Waals surface area contributed by atoms with E-state index in [-0.39, 0.29) is 37.4 Å². The summed E-state index contributed by atoms with van der Waals surface area (Å²) in [5, 5.41) is 12.8. The quantitative estimate of drug-likeness (QED) is 0.0328. The van der Waals surface area contributed by atoms with Gasteiger partial charge >= 0.3 is 22.3 Å². The minimum atomic E-state index is -5.09. The Morgan fingerprint density at radius 1 is 0.800 bits per heavy atom. The number of benzene rings is 1. The number of esters is 2. The fraction of sp³-hybridized carbons (Fsp3) is 0.740. The molecule has 1 aliphatic heterocycles. The van der Waals surface area contributed by atoms with Gasteiger partial charge in [-0.1, -0.05) is 140 Å². The molecule has 1 saturated heterocycles. The first-order chi connectivity index (χ1) is 31.4. The van der Waals surface area contributed by atoms with Crippen LogP contribution in [-0.4, -0.2) is 99.4 Å². The van der Waals surface area contributed by atoms with Crippen molar-refractivity contribution < 1.29 is 60.3 Å². The third-order valence-corrected chi connectivity index (χ3v) is 12.9. The molecule has 370 valence electrons. The molecule has 0 saturated carbocycles. The first kappa shape index (κ1) is 56.0. The van der Waals surface area contributed by atoms with Crippen molar-refractivity contribution in [1.29, 1.82) is 0 Å². The van der Waals surface area contributed by atoms with Crippen LogP contribution < -0.4 is 10.1 Å². The van der Waals surface area contributed by atoms with Crippen molar-refractivity contribution in [1.82, 2.24) is 5.32 Å². The van der Waals surface area contributed by atoms with Crippen LogP contribution >= 0.6 is 0 Å². The Morgan fingerprint density at radius 3 is 2.02 bits per heavy atom. The molecule has 0 spiro atoms. The Bertz CT molecular complexity index is 1650. The zero-order chi connectivity index (χ0) is 47.2. The maximum atomic E-state index is 13.7. The van der Waals surface area contributed by atoms with Gasteiger partial charge in [0.15, 0.2) is 6.10 Å². The van der Waals surface area contributed by atoms with Gasteiger partial charge < -0.3 is 34.1 Å². The molecule has 0 bridgehead atoms. The highest BCUT2D eigenvalue weighted by molar-refractivity contribution is 7.80. The van der Waals surface area contributed by atoms with Crippen molar-refractivity contribution in [3.05, 3.63) is 54.1 Å². The van der Waals surface area contributed by atoms with Crippen LogP contribution in [0.3, 0.4) is 0 Å². The van der Waals surface area contributed by atoms with Crippen LogP contribution in [0.5, 0.6) is 5.75 Å². The number of allylic oxidation sites excluding steroid dienone is 2. The van der Waals surface area contributed by atoms with Gasteiger partial charge in [-0.25, -0.2) is 4.18 Å². The smallest absolute Gasteiger partial charge is 0.397 e. The van der Waals surface area contributed by atoms with Gasteiger partial charge in [-0.2, -0.15) is 8.42 Å². The van der Waals surface area contributed by atoms with Gasteiger partial charge in [0.1, 0.15) is 24.1 Å². The number of aryl methyl sites for hydroxylation is 1. The van der Waals surface area contributed by atoms with E-state index in [9.17, 15) is 32.5 Å². The topological polar surface area (TPSA) is 193 Å². The third kappa shape index (κ3) is 23.8. The van der Waals surface area contributed by atoms with Gasteiger partial charge in [0.25, 0.3) is 0 Å². The molecular weight excluding hydrogens is 855 g/mol. The average molecular weight is 936 g/mol. The van der Waals surface area contributed by atoms with Crippen molar-refractivity contribution in [2.75, 3.05) is 27.4 Å². The molecular formula is C50H81NO13S. The molecule has 1 aliphatic carbocycles. The first-order valence-corrected chi connectivity index (χ1v) is 25.9. The summed E-state index contributed by atoms with van der Waals surface area (Å²) in [6, 6.07) is 7.00. The molecule has 1 fully saturated rings. The number of carbonyl (C=O) groups is 3. The molecule has 0 radical (unpaired) electrons. The molecule has 1 aromatic rings. The zero-order valence-electron chi connectivity index (χ0n) is 39.6. The van der Waals surface area contributed by atoms with Crippen LogP contribution in [-0.2, 0) is 54.3 Å². The summed E-state index contributed by atoms with van der Waals surface area (Å²) < 4.78 is 66.8. The Balaban J connectivity index is 1.54. The predicted octanol–water partition coefficient (Wildman–Crippen LogP) is 9.41. The van der Waals surface area contributed by atoms with Gasteiger partial charge in [0, 0.05) is 20.0 Å². The minimum absolute atomic E-state index is 0.0242. The largest absolute Gasteiger partial charge is 0.497 e. The second kappa shape index (κ2) is 32.4. The number of unbranched alkanes of at least 4 members (excludes halogenated alkanes) is 16. The molecule has 6 atom stereocenters. The SMILES string of the molecule is CCCCCCCCCCCC(CC(=O)N[C@H]1COC(CO)[C@@H](OS(=O)(=O)O)[C@@H]1OC(=O)CCCCCCCC1(OC)C=CC=CC1)OC(=O)CCCCCCCc1ccc(OC)cc1. The number of hydrogen-bond donors (Lipinski definition) is 3. The van der Waals surface area contributed by atoms with E-state index in [0.717, 1.165) is 102 Å². The summed E-state index contributed by atoms with van der Waals surface area (Å²) in [5.41, 5.74) is 0.985. The number of ether oxygens (including phenoxy) is 5. The molecule has 15 heteroatoms. The molecule has 14 nitrogen and oxygen atoms in total. The highest BCUT2D eigenvalue weighted by Gasteiger charge is 2.46. The molecule has 1 amide bonds. The average Bonchev–Trinajstić information content (AvgIpc) is 3.28. The lowest BCUT2D eigenvalue weighted by Crippen LogP contribution is -2.62. The lowest BCUT2D eigenvalue weighted by Gasteiger charge is -2.40. The fourth-order valence-corrected chi connectivity index (χ4v) is 9.10. The summed E-state index contributed by atoms with van der Waals surface area (Å²) in [6.45, 7) is 1.26. The number of aliphatic hydroxyl groups is 1. The van der Waals surface area contributed by atoms with Gasteiger partial charge in [-0.3, -0.25) is 18.9 Å². The number of amides is 1. The van der Waals surface area contributed by atoms with Gasteiger partial charge in [0.05, 0.1) is 38.4 Å². The van der Waals surface area contributed by atoms with Crippen LogP contribution in [0.2, 0.25) is 0 Å². The normalized spacial score (nSPS) is 21.2. The molecule has 3 unspecified atom stereocenters. The third-order valence-electron chi connectivity index (χ3n) is 12.4. The number of methoxy groups -OCH3 is 2. The van der Waals surface area contributed by atoms with Crippen LogP contribution in [0.1, 0.15) is 173 Å². The lowest BCUT2D eigenvalue weighted by molar-refractivity contribution is -0.186. The zero-order valence-corrected chi connectivity index (χ0v) is 40.4. The second-order valence-corrected chi connectivity index (χ2v) is 18.8. The summed E-state index contributed by atoms with van der Waals surface area (Å²) in [7, 11) is -1.71. The molecule has 1 heterocycles. The molecule has 2 aliphatic rings.